The first-order chi connectivity index (χ1) is 8.43. The number of tetrazole rings is 1. The van der Waals surface area contributed by atoms with Crippen molar-refractivity contribution in [2.24, 2.45) is 0 Å². The van der Waals surface area contributed by atoms with Gasteiger partial charge in [-0.2, -0.15) is 0 Å². The molecule has 94 valence electrons. The van der Waals surface area contributed by atoms with Crippen molar-refractivity contribution in [3.8, 4) is 11.5 Å². The van der Waals surface area contributed by atoms with Crippen LogP contribution >= 0.6 is 0 Å². The maximum atomic E-state index is 11.2. The van der Waals surface area contributed by atoms with Crippen LogP contribution in [-0.2, 0) is 10.3 Å². The second kappa shape index (κ2) is 4.06. The third kappa shape index (κ3) is 1.88. The van der Waals surface area contributed by atoms with E-state index in [1.54, 1.807) is 12.1 Å². The van der Waals surface area contributed by atoms with E-state index >= 15 is 0 Å². The Morgan fingerprint density at radius 2 is 2.17 bits per heavy atom. The first-order valence-corrected chi connectivity index (χ1v) is 5.15. The van der Waals surface area contributed by atoms with Gasteiger partial charge in [-0.25, -0.2) is 9.48 Å². The molecule has 0 saturated carbocycles. The number of nitrogens with one attached hydrogen (secondary N) is 1. The lowest BCUT2D eigenvalue weighted by Gasteiger charge is -2.20. The van der Waals surface area contributed by atoms with Gasteiger partial charge in [-0.05, 0) is 30.3 Å². The van der Waals surface area contributed by atoms with Crippen molar-refractivity contribution < 1.29 is 9.90 Å². The van der Waals surface area contributed by atoms with E-state index in [1.165, 1.54) is 19.9 Å². The second-order valence-corrected chi connectivity index (χ2v) is 4.21. The predicted octanol–water partition coefficient (Wildman–Crippen LogP) is -0.152. The molecule has 0 spiro atoms. The summed E-state index contributed by atoms with van der Waals surface area (Å²) >= 11 is 0. The number of H-pyrrole nitrogens is 1. The predicted molar refractivity (Wildman–Crippen MR) is 60.8 cm³/mol. The van der Waals surface area contributed by atoms with Crippen LogP contribution in [0.1, 0.15) is 13.8 Å². The van der Waals surface area contributed by atoms with Gasteiger partial charge < -0.3 is 10.1 Å². The highest BCUT2D eigenvalue weighted by atomic mass is 16.4. The minimum atomic E-state index is -1.31. The van der Waals surface area contributed by atoms with Gasteiger partial charge in [0.2, 0.25) is 5.56 Å². The Labute approximate surface area is 101 Å². The Morgan fingerprint density at radius 1 is 1.44 bits per heavy atom. The van der Waals surface area contributed by atoms with Crippen LogP contribution in [0.3, 0.4) is 0 Å². The number of aromatic nitrogens is 5. The van der Waals surface area contributed by atoms with Crippen LogP contribution in [0, 0.1) is 0 Å². The summed E-state index contributed by atoms with van der Waals surface area (Å²) in [7, 11) is 0. The smallest absolute Gasteiger partial charge is 0.331 e. The highest BCUT2D eigenvalue weighted by Gasteiger charge is 2.33. The summed E-state index contributed by atoms with van der Waals surface area (Å²) in [5, 5.41) is 20.0. The fourth-order valence-corrected chi connectivity index (χ4v) is 1.40. The minimum absolute atomic E-state index is 0.195. The van der Waals surface area contributed by atoms with Gasteiger partial charge in [0.15, 0.2) is 11.4 Å². The van der Waals surface area contributed by atoms with E-state index in [4.69, 9.17) is 5.11 Å². The molecule has 0 aliphatic rings. The van der Waals surface area contributed by atoms with Crippen molar-refractivity contribution in [3.63, 3.8) is 0 Å². The van der Waals surface area contributed by atoms with Crippen LogP contribution in [0.15, 0.2) is 23.0 Å². The molecule has 0 amide bonds. The molecule has 8 heteroatoms. The van der Waals surface area contributed by atoms with Crippen LogP contribution in [0.25, 0.3) is 11.5 Å². The lowest BCUT2D eigenvalue weighted by Crippen LogP contribution is -2.37. The van der Waals surface area contributed by atoms with E-state index in [-0.39, 0.29) is 11.4 Å². The third-order valence-corrected chi connectivity index (χ3v) is 2.53. The SMILES string of the molecule is CC(C)(C(=O)O)n1nnnc1-c1cccc(=O)[nH]1. The molecule has 0 fully saturated rings. The van der Waals surface area contributed by atoms with Crippen LogP contribution in [0.5, 0.6) is 0 Å². The Morgan fingerprint density at radius 3 is 2.78 bits per heavy atom. The first kappa shape index (κ1) is 12.0. The summed E-state index contributed by atoms with van der Waals surface area (Å²) in [6.45, 7) is 2.94. The molecule has 0 radical (unpaired) electrons. The van der Waals surface area contributed by atoms with Crippen molar-refractivity contribution >= 4 is 5.97 Å². The summed E-state index contributed by atoms with van der Waals surface area (Å²) in [5.41, 5.74) is -1.26. The molecule has 2 rings (SSSR count). The van der Waals surface area contributed by atoms with Gasteiger partial charge in [-0.3, -0.25) is 4.79 Å². The average Bonchev–Trinajstić information content (AvgIpc) is 2.78. The summed E-state index contributed by atoms with van der Waals surface area (Å²) in [6.07, 6.45) is 0. The maximum absolute atomic E-state index is 11.2. The quantitative estimate of drug-likeness (QED) is 0.781. The molecule has 18 heavy (non-hydrogen) atoms. The van der Waals surface area contributed by atoms with Gasteiger partial charge in [-0.15, -0.1) is 5.10 Å². The molecule has 0 unspecified atom stereocenters. The number of hydrogen-bond donors (Lipinski definition) is 2. The molecule has 0 aliphatic heterocycles. The number of hydrogen-bond acceptors (Lipinski definition) is 5. The van der Waals surface area contributed by atoms with Crippen LogP contribution in [-0.4, -0.2) is 36.3 Å². The largest absolute Gasteiger partial charge is 0.479 e. The average molecular weight is 249 g/mol. The zero-order valence-corrected chi connectivity index (χ0v) is 9.78. The third-order valence-electron chi connectivity index (χ3n) is 2.53. The molecular weight excluding hydrogens is 238 g/mol. The number of aliphatic carboxylic acids is 1. The van der Waals surface area contributed by atoms with E-state index in [0.29, 0.717) is 5.69 Å². The Balaban J connectivity index is 2.59. The van der Waals surface area contributed by atoms with Crippen LogP contribution < -0.4 is 5.56 Å². The van der Waals surface area contributed by atoms with Crippen molar-refractivity contribution in [1.82, 2.24) is 25.2 Å². The van der Waals surface area contributed by atoms with Crippen molar-refractivity contribution in [2.75, 3.05) is 0 Å². The number of aromatic amines is 1. The fraction of sp³-hybridized carbons (Fsp3) is 0.300. The molecule has 0 aliphatic carbocycles. The van der Waals surface area contributed by atoms with E-state index in [1.807, 2.05) is 0 Å². The summed E-state index contributed by atoms with van der Waals surface area (Å²) < 4.78 is 1.15. The molecule has 0 aromatic carbocycles. The molecule has 2 aromatic rings. The molecule has 0 atom stereocenters. The lowest BCUT2D eigenvalue weighted by molar-refractivity contribution is -0.146. The Kier molecular flexibility index (Phi) is 2.70. The molecule has 2 heterocycles. The summed E-state index contributed by atoms with van der Waals surface area (Å²) in [4.78, 5) is 25.0. The van der Waals surface area contributed by atoms with Crippen molar-refractivity contribution in [1.29, 1.82) is 0 Å². The normalized spacial score (nSPS) is 11.4. The van der Waals surface area contributed by atoms with E-state index < -0.39 is 11.5 Å². The van der Waals surface area contributed by atoms with E-state index in [9.17, 15) is 9.59 Å². The van der Waals surface area contributed by atoms with Crippen LogP contribution in [0.2, 0.25) is 0 Å². The summed E-state index contributed by atoms with van der Waals surface area (Å²) in [6, 6.07) is 4.49. The Bertz CT molecular complexity index is 643. The highest BCUT2D eigenvalue weighted by Crippen LogP contribution is 2.20. The molecule has 0 saturated heterocycles. The molecule has 0 bridgehead atoms. The maximum Gasteiger partial charge on any atom is 0.331 e. The van der Waals surface area contributed by atoms with Gasteiger partial charge >= 0.3 is 5.97 Å². The highest BCUT2D eigenvalue weighted by molar-refractivity contribution is 5.76. The number of carboxylic acids is 1. The van der Waals surface area contributed by atoms with Gasteiger partial charge in [0.1, 0.15) is 0 Å². The molecule has 8 nitrogen and oxygen atoms in total. The number of nitrogens with zero attached hydrogens (tertiary/aromatic N) is 4. The van der Waals surface area contributed by atoms with E-state index in [2.05, 4.69) is 20.5 Å². The fourth-order valence-electron chi connectivity index (χ4n) is 1.40. The molecule has 2 aromatic heterocycles. The first-order valence-electron chi connectivity index (χ1n) is 5.15. The second-order valence-electron chi connectivity index (χ2n) is 4.21. The van der Waals surface area contributed by atoms with Gasteiger partial charge in [-0.1, -0.05) is 6.07 Å². The zero-order valence-electron chi connectivity index (χ0n) is 9.78. The summed E-state index contributed by atoms with van der Waals surface area (Å²) in [5.74, 6) is -0.880. The lowest BCUT2D eigenvalue weighted by atomic mass is 10.1. The van der Waals surface area contributed by atoms with Crippen molar-refractivity contribution in [2.45, 2.75) is 19.4 Å². The topological polar surface area (TPSA) is 114 Å². The zero-order chi connectivity index (χ0) is 13.3. The number of carbonyl (C=O) groups is 1. The van der Waals surface area contributed by atoms with Gasteiger partial charge in [0, 0.05) is 6.07 Å². The standard InChI is InChI=1S/C10H11N5O3/c1-10(2,9(17)18)15-8(12-13-14-15)6-4-3-5-7(16)11-6/h3-5H,1-2H3,(H,11,16)(H,17,18). The molecular formula is C10H11N5O3. The van der Waals surface area contributed by atoms with E-state index in [0.717, 1.165) is 4.68 Å². The minimum Gasteiger partial charge on any atom is -0.479 e. The number of pyridine rings is 1. The van der Waals surface area contributed by atoms with Crippen molar-refractivity contribution in [3.05, 3.63) is 28.6 Å². The van der Waals surface area contributed by atoms with Crippen LogP contribution in [0.4, 0.5) is 0 Å². The number of carboxylic acid groups (broad SMARTS) is 1. The Hall–Kier alpha value is -2.51. The van der Waals surface area contributed by atoms with Gasteiger partial charge in [0.25, 0.3) is 0 Å². The monoisotopic (exact) mass is 249 g/mol. The number of rotatable bonds is 3. The molecule has 2 N–H and O–H groups in total. The van der Waals surface area contributed by atoms with Gasteiger partial charge in [0.05, 0.1) is 5.69 Å².